The van der Waals surface area contributed by atoms with Gasteiger partial charge in [0.15, 0.2) is 0 Å². The van der Waals surface area contributed by atoms with E-state index in [2.05, 4.69) is 37.1 Å². The Labute approximate surface area is 301 Å². The van der Waals surface area contributed by atoms with Crippen molar-refractivity contribution in [2.75, 3.05) is 37.2 Å². The minimum Gasteiger partial charge on any atom is -0.355 e. The summed E-state index contributed by atoms with van der Waals surface area (Å²) < 4.78 is 26.0. The molecule has 6 N–H and O–H groups in total. The number of benzene rings is 2. The first-order chi connectivity index (χ1) is 24.2. The van der Waals surface area contributed by atoms with Gasteiger partial charge in [-0.2, -0.15) is 5.10 Å². The van der Waals surface area contributed by atoms with Crippen LogP contribution in [0, 0.1) is 11.8 Å². The molecule has 51 heavy (non-hydrogen) atoms. The maximum atomic E-state index is 13.9. The van der Waals surface area contributed by atoms with E-state index in [9.17, 15) is 27.6 Å². The van der Waals surface area contributed by atoms with Gasteiger partial charge >= 0.3 is 0 Å². The van der Waals surface area contributed by atoms with Crippen LogP contribution in [0.15, 0.2) is 53.6 Å². The van der Waals surface area contributed by atoms with Crippen LogP contribution in [0.3, 0.4) is 0 Å². The normalized spacial score (nSPS) is 17.4. The molecule has 4 amide bonds. The topological polar surface area (TPSA) is 190 Å². The molecule has 4 atom stereocenters. The second-order valence-corrected chi connectivity index (χ2v) is 15.8. The van der Waals surface area contributed by atoms with Crippen LogP contribution >= 0.6 is 0 Å². The number of nitrogens with one attached hydrogen (secondary N) is 6. The van der Waals surface area contributed by atoms with Crippen LogP contribution in [0.1, 0.15) is 73.2 Å². The molecule has 1 aliphatic carbocycles. The monoisotopic (exact) mass is 724 g/mol. The highest BCUT2D eigenvalue weighted by Gasteiger charge is 2.34. The molecule has 0 saturated heterocycles. The third kappa shape index (κ3) is 11.5. The molecule has 1 heterocycles. The molecule has 2 aromatic rings. The lowest BCUT2D eigenvalue weighted by atomic mass is 10.0. The molecule has 4 rings (SSSR count). The van der Waals surface area contributed by atoms with Crippen molar-refractivity contribution in [1.82, 2.24) is 32.0 Å². The number of hydrogen-bond donors (Lipinski definition) is 6. The smallest absolute Gasteiger partial charge is 0.251 e. The second-order valence-electron chi connectivity index (χ2n) is 13.8. The average molecular weight is 725 g/mol. The van der Waals surface area contributed by atoms with Gasteiger partial charge in [0.05, 0.1) is 36.3 Å². The molecule has 0 bridgehead atoms. The number of carbonyl (C=O) groups is 4. The molecule has 0 spiro atoms. The summed E-state index contributed by atoms with van der Waals surface area (Å²) in [5.74, 6) is -1.13. The number of nitrogens with zero attached hydrogens (tertiary/aromatic N) is 2. The molecule has 15 heteroatoms. The maximum Gasteiger partial charge on any atom is 0.251 e. The Morgan fingerprint density at radius 2 is 1.61 bits per heavy atom. The fourth-order valence-electron chi connectivity index (χ4n) is 5.78. The predicted octanol–water partition coefficient (Wildman–Crippen LogP) is 1.54. The van der Waals surface area contributed by atoms with Crippen LogP contribution in [-0.2, 0) is 26.0 Å². The van der Waals surface area contributed by atoms with Crippen molar-refractivity contribution in [3.05, 3.63) is 65.2 Å². The molecule has 2 aromatic carbocycles. The van der Waals surface area contributed by atoms with E-state index in [0.29, 0.717) is 24.9 Å². The Kier molecular flexibility index (Phi) is 13.6. The molecule has 278 valence electrons. The van der Waals surface area contributed by atoms with E-state index in [1.54, 1.807) is 6.92 Å². The summed E-state index contributed by atoms with van der Waals surface area (Å²) >= 11 is 0. The van der Waals surface area contributed by atoms with Crippen molar-refractivity contribution in [2.45, 2.75) is 77.5 Å². The number of likely N-dealkylation sites (N-methyl/N-ethyl adjacent to an activating group) is 1. The van der Waals surface area contributed by atoms with E-state index >= 15 is 0 Å². The number of carbonyl (C=O) groups excluding carboxylic acids is 4. The van der Waals surface area contributed by atoms with Crippen LogP contribution in [0.5, 0.6) is 0 Å². The molecule has 0 aromatic heterocycles. The lowest BCUT2D eigenvalue weighted by Crippen LogP contribution is -2.55. The summed E-state index contributed by atoms with van der Waals surface area (Å²) in [7, 11) is -2.36. The molecular formula is C36H52N8O6S. The molecule has 14 nitrogen and oxygen atoms in total. The van der Waals surface area contributed by atoms with E-state index in [1.807, 2.05) is 51.1 Å². The van der Waals surface area contributed by atoms with E-state index in [4.69, 9.17) is 0 Å². The second kappa shape index (κ2) is 17.6. The number of hydrazone groups is 1. The van der Waals surface area contributed by atoms with Crippen LogP contribution in [0.25, 0.3) is 0 Å². The van der Waals surface area contributed by atoms with E-state index in [-0.39, 0.29) is 47.6 Å². The van der Waals surface area contributed by atoms with E-state index < -0.39 is 40.0 Å². The first kappa shape index (κ1) is 39.3. The van der Waals surface area contributed by atoms with Crippen molar-refractivity contribution in [3.8, 4) is 0 Å². The van der Waals surface area contributed by atoms with Crippen LogP contribution in [0.2, 0.25) is 0 Å². The van der Waals surface area contributed by atoms with Gasteiger partial charge in [-0.1, -0.05) is 44.2 Å². The number of amides is 4. The van der Waals surface area contributed by atoms with Gasteiger partial charge in [-0.3, -0.25) is 23.5 Å². The van der Waals surface area contributed by atoms with Gasteiger partial charge in [0.1, 0.15) is 6.04 Å². The molecule has 1 saturated carbocycles. The fourth-order valence-corrected chi connectivity index (χ4v) is 6.27. The first-order valence-electron chi connectivity index (χ1n) is 17.5. The third-order valence-corrected chi connectivity index (χ3v) is 10.3. The number of hydrogen-bond acceptors (Lipinski definition) is 9. The summed E-state index contributed by atoms with van der Waals surface area (Å²) in [6.45, 7) is 8.06. The summed E-state index contributed by atoms with van der Waals surface area (Å²) in [4.78, 5) is 52.9. The largest absolute Gasteiger partial charge is 0.355 e. The van der Waals surface area contributed by atoms with E-state index in [1.165, 1.54) is 38.1 Å². The Balaban J connectivity index is 1.50. The van der Waals surface area contributed by atoms with Crippen molar-refractivity contribution in [1.29, 1.82) is 0 Å². The maximum absolute atomic E-state index is 13.9. The molecular weight excluding hydrogens is 673 g/mol. The molecule has 1 fully saturated rings. The van der Waals surface area contributed by atoms with Crippen molar-refractivity contribution >= 4 is 45.1 Å². The number of rotatable bonds is 18. The lowest BCUT2D eigenvalue weighted by Gasteiger charge is -2.25. The molecule has 1 unspecified atom stereocenters. The Hall–Kier alpha value is -4.50. The van der Waals surface area contributed by atoms with Crippen molar-refractivity contribution < 1.29 is 27.6 Å². The zero-order valence-electron chi connectivity index (χ0n) is 30.3. The van der Waals surface area contributed by atoms with Gasteiger partial charge in [0.25, 0.3) is 11.8 Å². The molecule has 0 radical (unpaired) electrons. The van der Waals surface area contributed by atoms with Gasteiger partial charge < -0.3 is 32.0 Å². The minimum absolute atomic E-state index is 0.0902. The van der Waals surface area contributed by atoms with Crippen molar-refractivity contribution in [2.24, 2.45) is 16.9 Å². The predicted molar refractivity (Wildman–Crippen MR) is 198 cm³/mol. The van der Waals surface area contributed by atoms with Crippen LogP contribution < -0.4 is 36.3 Å². The molecule has 2 aliphatic rings. The van der Waals surface area contributed by atoms with Gasteiger partial charge in [-0.05, 0) is 68.7 Å². The van der Waals surface area contributed by atoms with Crippen LogP contribution in [-0.4, -0.2) is 94.9 Å². The average Bonchev–Trinajstić information content (AvgIpc) is 3.84. The fraction of sp³-hybridized carbons (Fsp3) is 0.528. The Morgan fingerprint density at radius 1 is 0.941 bits per heavy atom. The SMILES string of the molecule is CCNC(=O)[C@@H](NC(=O)[C@H](C)NC[C@H](Cc1ccccc1)NC(=O)c1cc(C(=O)NCC2=NNC(C3CC3)C2)cc(N(C)S(C)(=O)=O)c1)C(C)C. The summed E-state index contributed by atoms with van der Waals surface area (Å²) in [6.07, 6.45) is 4.55. The lowest BCUT2D eigenvalue weighted by molar-refractivity contribution is -0.130. The summed E-state index contributed by atoms with van der Waals surface area (Å²) in [5, 5.41) is 19.0. The van der Waals surface area contributed by atoms with Gasteiger partial charge in [-0.15, -0.1) is 0 Å². The Bertz CT molecular complexity index is 1700. The van der Waals surface area contributed by atoms with Gasteiger partial charge in [0, 0.05) is 43.7 Å². The third-order valence-electron chi connectivity index (χ3n) is 9.11. The summed E-state index contributed by atoms with van der Waals surface area (Å²) in [5.41, 5.74) is 5.27. The van der Waals surface area contributed by atoms with Crippen molar-refractivity contribution in [3.63, 3.8) is 0 Å². The quantitative estimate of drug-likeness (QED) is 0.134. The highest BCUT2D eigenvalue weighted by atomic mass is 32.2. The highest BCUT2D eigenvalue weighted by molar-refractivity contribution is 7.92. The van der Waals surface area contributed by atoms with Gasteiger partial charge in [-0.25, -0.2) is 8.42 Å². The Morgan fingerprint density at radius 3 is 2.22 bits per heavy atom. The number of sulfonamides is 1. The first-order valence-corrected chi connectivity index (χ1v) is 19.4. The highest BCUT2D eigenvalue weighted by Crippen LogP contribution is 2.35. The minimum atomic E-state index is -3.72. The summed E-state index contributed by atoms with van der Waals surface area (Å²) in [6, 6.07) is 12.2. The standard InChI is InChI=1S/C36H52N8O6S/c1-7-37-36(48)32(22(2)3)41-33(45)23(4)38-20-28(15-24-11-9-8-10-12-24)40-35(47)27-16-26(17-30(18-27)44(5)51(6,49)50)34(46)39-21-29-19-31(43-42-29)25-13-14-25/h8-12,16-18,22-23,25,28,31-32,38,43H,7,13-15,19-21H2,1-6H3,(H,37,48)(H,39,46)(H,40,47)(H,41,45)/t23-,28-,31?,32-/m0/s1. The zero-order chi connectivity index (χ0) is 37.3. The number of anilines is 1. The molecule has 1 aliphatic heterocycles. The van der Waals surface area contributed by atoms with E-state index in [0.717, 1.165) is 28.3 Å². The van der Waals surface area contributed by atoms with Gasteiger partial charge in [0.2, 0.25) is 21.8 Å². The zero-order valence-corrected chi connectivity index (χ0v) is 31.1. The van der Waals surface area contributed by atoms with Crippen LogP contribution in [0.4, 0.5) is 5.69 Å².